The van der Waals surface area contributed by atoms with Gasteiger partial charge in [0.05, 0.1) is 6.61 Å². The molecule has 0 saturated carbocycles. The lowest BCUT2D eigenvalue weighted by molar-refractivity contribution is 0.111. The van der Waals surface area contributed by atoms with E-state index in [1.807, 2.05) is 19.9 Å². The number of piperidine rings is 1. The third-order valence-electron chi connectivity index (χ3n) is 4.02. The summed E-state index contributed by atoms with van der Waals surface area (Å²) in [6.07, 6.45) is 5.03. The molecule has 0 spiro atoms. The third-order valence-corrected chi connectivity index (χ3v) is 4.02. The maximum absolute atomic E-state index is 5.37. The van der Waals surface area contributed by atoms with E-state index in [1.54, 1.807) is 0 Å². The number of hydrogen-bond donors (Lipinski definition) is 1. The van der Waals surface area contributed by atoms with Crippen LogP contribution in [0.4, 0.5) is 0 Å². The Labute approximate surface area is 144 Å². The van der Waals surface area contributed by atoms with E-state index in [-0.39, 0.29) is 0 Å². The van der Waals surface area contributed by atoms with Crippen molar-refractivity contribution >= 4 is 0 Å². The van der Waals surface area contributed by atoms with Crippen LogP contribution >= 0.6 is 0 Å². The lowest BCUT2D eigenvalue weighted by Crippen LogP contribution is -2.30. The summed E-state index contributed by atoms with van der Waals surface area (Å²) >= 11 is 0. The summed E-state index contributed by atoms with van der Waals surface area (Å²) in [7, 11) is 2.20. The predicted molar refractivity (Wildman–Crippen MR) is 102 cm³/mol. The van der Waals surface area contributed by atoms with Crippen LogP contribution in [0.2, 0.25) is 0 Å². The molecule has 1 heterocycles. The molecule has 1 fully saturated rings. The largest absolute Gasteiger partial charge is 0.380 e. The highest BCUT2D eigenvalue weighted by molar-refractivity contribution is 5.13. The van der Waals surface area contributed by atoms with Crippen molar-refractivity contribution in [1.82, 2.24) is 4.90 Å². The second kappa shape index (κ2) is 16.0. The van der Waals surface area contributed by atoms with Gasteiger partial charge in [0.15, 0.2) is 0 Å². The van der Waals surface area contributed by atoms with Crippen LogP contribution in [0.1, 0.15) is 45.6 Å². The second-order valence-electron chi connectivity index (χ2n) is 5.78. The minimum Gasteiger partial charge on any atom is -0.380 e. The highest BCUT2D eigenvalue weighted by Crippen LogP contribution is 2.19. The maximum atomic E-state index is 5.37. The van der Waals surface area contributed by atoms with Crippen LogP contribution in [-0.2, 0) is 11.2 Å². The molecule has 0 unspecified atom stereocenters. The molecule has 0 amide bonds. The standard InChI is InChI=1S/C10H22N2O.C8H10.C2H6/c1-12-6-2-10(3-7-12)4-8-13-9-5-11;1-2-8-6-4-3-5-7-8;1-2/h10H,2-9,11H2,1H3;3-7H,2H2,1H3;1-2H3. The topological polar surface area (TPSA) is 38.5 Å². The monoisotopic (exact) mass is 322 g/mol. The van der Waals surface area contributed by atoms with Crippen molar-refractivity contribution in [3.05, 3.63) is 35.9 Å². The Bertz CT molecular complexity index is 335. The Kier molecular flexibility index (Phi) is 15.4. The van der Waals surface area contributed by atoms with Gasteiger partial charge in [-0.1, -0.05) is 51.1 Å². The summed E-state index contributed by atoms with van der Waals surface area (Å²) in [5.74, 6) is 0.883. The minimum atomic E-state index is 0.646. The quantitative estimate of drug-likeness (QED) is 0.805. The zero-order valence-corrected chi connectivity index (χ0v) is 15.8. The Balaban J connectivity index is 0.000000414. The van der Waals surface area contributed by atoms with Crippen LogP contribution in [0.5, 0.6) is 0 Å². The molecule has 1 aromatic carbocycles. The first kappa shape index (κ1) is 22.1. The molecule has 3 nitrogen and oxygen atoms in total. The van der Waals surface area contributed by atoms with E-state index >= 15 is 0 Å². The molecule has 0 aromatic heterocycles. The number of likely N-dealkylation sites (tertiary alicyclic amines) is 1. The zero-order valence-electron chi connectivity index (χ0n) is 15.8. The van der Waals surface area contributed by atoms with Crippen molar-refractivity contribution in [1.29, 1.82) is 0 Å². The fourth-order valence-corrected chi connectivity index (χ4v) is 2.50. The van der Waals surface area contributed by atoms with Crippen LogP contribution in [0, 0.1) is 5.92 Å². The molecule has 3 heteroatoms. The van der Waals surface area contributed by atoms with Crippen LogP contribution < -0.4 is 5.73 Å². The van der Waals surface area contributed by atoms with Crippen molar-refractivity contribution in [2.75, 3.05) is 39.9 Å². The van der Waals surface area contributed by atoms with Gasteiger partial charge in [-0.2, -0.15) is 0 Å². The predicted octanol–water partition coefficient (Wildman–Crippen LogP) is 3.97. The fraction of sp³-hybridized carbons (Fsp3) is 0.700. The van der Waals surface area contributed by atoms with Crippen LogP contribution in [0.3, 0.4) is 0 Å². The SMILES string of the molecule is CC.CCc1ccccc1.CN1CCC(CCOCCN)CC1. The Morgan fingerprint density at radius 3 is 2.17 bits per heavy atom. The average molecular weight is 323 g/mol. The number of benzene rings is 1. The van der Waals surface area contributed by atoms with Gasteiger partial charge in [-0.25, -0.2) is 0 Å². The van der Waals surface area contributed by atoms with Gasteiger partial charge in [0.25, 0.3) is 0 Å². The number of rotatable bonds is 6. The van der Waals surface area contributed by atoms with Crippen LogP contribution in [0.25, 0.3) is 0 Å². The van der Waals surface area contributed by atoms with Gasteiger partial charge < -0.3 is 15.4 Å². The molecular weight excluding hydrogens is 284 g/mol. The highest BCUT2D eigenvalue weighted by Gasteiger charge is 2.15. The Morgan fingerprint density at radius 1 is 1.09 bits per heavy atom. The van der Waals surface area contributed by atoms with E-state index < -0.39 is 0 Å². The molecule has 23 heavy (non-hydrogen) atoms. The first-order valence-corrected chi connectivity index (χ1v) is 9.26. The summed E-state index contributed by atoms with van der Waals surface area (Å²) in [4.78, 5) is 2.40. The van der Waals surface area contributed by atoms with Crippen molar-refractivity contribution in [2.45, 2.75) is 46.5 Å². The van der Waals surface area contributed by atoms with Gasteiger partial charge in [0.2, 0.25) is 0 Å². The number of nitrogens with zero attached hydrogens (tertiary/aromatic N) is 1. The van der Waals surface area contributed by atoms with E-state index in [1.165, 1.54) is 37.9 Å². The van der Waals surface area contributed by atoms with Crippen LogP contribution in [-0.4, -0.2) is 44.8 Å². The minimum absolute atomic E-state index is 0.646. The third kappa shape index (κ3) is 12.2. The Hall–Kier alpha value is -0.900. The van der Waals surface area contributed by atoms with Gasteiger partial charge in [-0.3, -0.25) is 0 Å². The average Bonchev–Trinajstić information content (AvgIpc) is 2.63. The smallest absolute Gasteiger partial charge is 0.0588 e. The summed E-state index contributed by atoms with van der Waals surface area (Å²) in [5.41, 5.74) is 6.74. The van der Waals surface area contributed by atoms with E-state index in [4.69, 9.17) is 10.5 Å². The summed E-state index contributed by atoms with van der Waals surface area (Å²) in [5, 5.41) is 0. The molecule has 0 bridgehead atoms. The maximum Gasteiger partial charge on any atom is 0.0588 e. The number of hydrogen-bond acceptors (Lipinski definition) is 3. The molecule has 0 aliphatic carbocycles. The van der Waals surface area contributed by atoms with Gasteiger partial charge in [-0.15, -0.1) is 0 Å². The normalized spacial score (nSPS) is 15.2. The van der Waals surface area contributed by atoms with Crippen LogP contribution in [0.15, 0.2) is 30.3 Å². The van der Waals surface area contributed by atoms with Crippen molar-refractivity contribution in [3.8, 4) is 0 Å². The number of aryl methyl sites for hydroxylation is 1. The van der Waals surface area contributed by atoms with E-state index in [0.717, 1.165) is 18.9 Å². The molecule has 0 radical (unpaired) electrons. The van der Waals surface area contributed by atoms with E-state index in [2.05, 4.69) is 43.1 Å². The summed E-state index contributed by atoms with van der Waals surface area (Å²) < 4.78 is 5.37. The molecule has 2 N–H and O–H groups in total. The summed E-state index contributed by atoms with van der Waals surface area (Å²) in [6.45, 7) is 10.9. The lowest BCUT2D eigenvalue weighted by Gasteiger charge is -2.28. The molecule has 1 aliphatic heterocycles. The molecule has 2 rings (SSSR count). The molecular formula is C20H38N2O. The van der Waals surface area contributed by atoms with E-state index in [0.29, 0.717) is 13.2 Å². The number of ether oxygens (including phenoxy) is 1. The van der Waals surface area contributed by atoms with Gasteiger partial charge in [0.1, 0.15) is 0 Å². The summed E-state index contributed by atoms with van der Waals surface area (Å²) in [6, 6.07) is 10.5. The highest BCUT2D eigenvalue weighted by atomic mass is 16.5. The number of nitrogens with two attached hydrogens (primary N) is 1. The fourth-order valence-electron chi connectivity index (χ4n) is 2.50. The molecule has 0 atom stereocenters. The van der Waals surface area contributed by atoms with Gasteiger partial charge in [-0.05, 0) is 57.3 Å². The lowest BCUT2D eigenvalue weighted by atomic mass is 9.94. The van der Waals surface area contributed by atoms with Crippen molar-refractivity contribution in [3.63, 3.8) is 0 Å². The van der Waals surface area contributed by atoms with Crippen molar-refractivity contribution < 1.29 is 4.74 Å². The first-order chi connectivity index (χ1) is 11.3. The van der Waals surface area contributed by atoms with Gasteiger partial charge in [0, 0.05) is 13.2 Å². The van der Waals surface area contributed by atoms with Crippen molar-refractivity contribution in [2.24, 2.45) is 11.7 Å². The molecule has 1 aliphatic rings. The molecule has 1 saturated heterocycles. The molecule has 1 aromatic rings. The van der Waals surface area contributed by atoms with Gasteiger partial charge >= 0.3 is 0 Å². The molecule has 134 valence electrons. The Morgan fingerprint density at radius 2 is 1.70 bits per heavy atom. The second-order valence-corrected chi connectivity index (χ2v) is 5.78. The zero-order chi connectivity index (χ0) is 17.3. The van der Waals surface area contributed by atoms with E-state index in [9.17, 15) is 0 Å². The first-order valence-electron chi connectivity index (χ1n) is 9.26.